The van der Waals surface area contributed by atoms with Crippen LogP contribution in [-0.2, 0) is 4.74 Å². The van der Waals surface area contributed by atoms with Gasteiger partial charge in [-0.2, -0.15) is 0 Å². The Morgan fingerprint density at radius 2 is 2.25 bits per heavy atom. The molecule has 66 valence electrons. The molecule has 0 spiro atoms. The normalized spacial score (nSPS) is 15.6. The van der Waals surface area contributed by atoms with Gasteiger partial charge in [0.15, 0.2) is 0 Å². The molecule has 0 bridgehead atoms. The zero-order chi connectivity index (χ0) is 8.97. The number of aliphatic hydroxyl groups is 1. The largest absolute Gasteiger partial charge is 0.384 e. The van der Waals surface area contributed by atoms with E-state index >= 15 is 0 Å². The molecule has 1 unspecified atom stereocenters. The predicted octanol–water partition coefficient (Wildman–Crippen LogP) is 1.15. The van der Waals surface area contributed by atoms with Crippen LogP contribution in [0.2, 0.25) is 0 Å². The maximum atomic E-state index is 9.60. The Morgan fingerprint density at radius 3 is 2.75 bits per heavy atom. The van der Waals surface area contributed by atoms with Crippen LogP contribution in [0.3, 0.4) is 0 Å². The smallest absolute Gasteiger partial charge is 0.122 e. The fraction of sp³-hybridized carbons (Fsp3) is 0.444. The minimum atomic E-state index is -0.642. The zero-order valence-corrected chi connectivity index (χ0v) is 7.27. The zero-order valence-electron chi connectivity index (χ0n) is 7.27. The Labute approximate surface area is 72.0 Å². The van der Waals surface area contributed by atoms with Gasteiger partial charge in [0, 0.05) is 13.3 Å². The molecule has 1 aromatic heterocycles. The summed E-state index contributed by atoms with van der Waals surface area (Å²) < 4.78 is 4.98. The summed E-state index contributed by atoms with van der Waals surface area (Å²) in [5.41, 5.74) is 0.645. The van der Waals surface area contributed by atoms with Crippen molar-refractivity contribution in [2.45, 2.75) is 19.1 Å². The average molecular weight is 167 g/mol. The van der Waals surface area contributed by atoms with Crippen molar-refractivity contribution in [3.8, 4) is 0 Å². The molecular formula is C9H13NO2. The van der Waals surface area contributed by atoms with Gasteiger partial charge in [-0.05, 0) is 19.1 Å². The molecular weight excluding hydrogens is 154 g/mol. The van der Waals surface area contributed by atoms with Crippen molar-refractivity contribution < 1.29 is 9.84 Å². The first kappa shape index (κ1) is 9.16. The molecule has 0 fully saturated rings. The summed E-state index contributed by atoms with van der Waals surface area (Å²) in [4.78, 5) is 4.02. The van der Waals surface area contributed by atoms with Crippen LogP contribution in [0, 0.1) is 0 Å². The lowest BCUT2D eigenvalue weighted by molar-refractivity contribution is -0.00358. The lowest BCUT2D eigenvalue weighted by Gasteiger charge is -2.16. The van der Waals surface area contributed by atoms with Gasteiger partial charge in [-0.3, -0.25) is 4.98 Å². The number of rotatable bonds is 3. The van der Waals surface area contributed by atoms with Crippen LogP contribution in [0.1, 0.15) is 18.7 Å². The van der Waals surface area contributed by atoms with Gasteiger partial charge in [0.2, 0.25) is 0 Å². The highest BCUT2D eigenvalue weighted by Gasteiger charge is 2.15. The summed E-state index contributed by atoms with van der Waals surface area (Å²) >= 11 is 0. The second kappa shape index (κ2) is 4.18. The second-order valence-electron chi connectivity index (χ2n) is 2.64. The summed E-state index contributed by atoms with van der Waals surface area (Å²) in [6.07, 6.45) is 0.789. The number of aromatic nitrogens is 1. The van der Waals surface area contributed by atoms with Gasteiger partial charge < -0.3 is 9.84 Å². The minimum Gasteiger partial charge on any atom is -0.384 e. The fourth-order valence-electron chi connectivity index (χ4n) is 0.920. The molecule has 1 heterocycles. The number of nitrogens with zero attached hydrogens (tertiary/aromatic N) is 1. The molecule has 0 aliphatic carbocycles. The van der Waals surface area contributed by atoms with Crippen LogP contribution in [0.5, 0.6) is 0 Å². The maximum absolute atomic E-state index is 9.60. The van der Waals surface area contributed by atoms with Crippen LogP contribution >= 0.6 is 0 Å². The van der Waals surface area contributed by atoms with E-state index in [0.29, 0.717) is 5.69 Å². The minimum absolute atomic E-state index is 0.222. The van der Waals surface area contributed by atoms with E-state index in [1.54, 1.807) is 26.3 Å². The van der Waals surface area contributed by atoms with Gasteiger partial charge in [0.1, 0.15) is 6.10 Å². The molecule has 1 N–H and O–H groups in total. The number of pyridine rings is 1. The van der Waals surface area contributed by atoms with E-state index in [9.17, 15) is 5.11 Å². The highest BCUT2D eigenvalue weighted by atomic mass is 16.5. The average Bonchev–Trinajstić information content (AvgIpc) is 2.17. The molecule has 3 heteroatoms. The Morgan fingerprint density at radius 1 is 1.50 bits per heavy atom. The molecule has 0 saturated heterocycles. The summed E-state index contributed by atoms with van der Waals surface area (Å²) in [5, 5.41) is 9.60. The van der Waals surface area contributed by atoms with Gasteiger partial charge >= 0.3 is 0 Å². The van der Waals surface area contributed by atoms with Crippen molar-refractivity contribution in [1.29, 1.82) is 0 Å². The van der Waals surface area contributed by atoms with Crippen molar-refractivity contribution >= 4 is 0 Å². The lowest BCUT2D eigenvalue weighted by atomic mass is 10.1. The van der Waals surface area contributed by atoms with E-state index in [-0.39, 0.29) is 6.10 Å². The summed E-state index contributed by atoms with van der Waals surface area (Å²) in [6.45, 7) is 1.80. The van der Waals surface area contributed by atoms with E-state index in [1.807, 2.05) is 12.1 Å². The molecule has 0 radical (unpaired) electrons. The Bertz CT molecular complexity index is 225. The first-order chi connectivity index (χ1) is 5.75. The third-order valence-electron chi connectivity index (χ3n) is 1.81. The molecule has 12 heavy (non-hydrogen) atoms. The van der Waals surface area contributed by atoms with Gasteiger partial charge in [-0.25, -0.2) is 0 Å². The molecule has 2 atom stereocenters. The van der Waals surface area contributed by atoms with E-state index < -0.39 is 6.10 Å². The lowest BCUT2D eigenvalue weighted by Crippen LogP contribution is -2.17. The fourth-order valence-corrected chi connectivity index (χ4v) is 0.920. The predicted molar refractivity (Wildman–Crippen MR) is 45.7 cm³/mol. The van der Waals surface area contributed by atoms with Crippen LogP contribution in [0.4, 0.5) is 0 Å². The van der Waals surface area contributed by atoms with Crippen molar-refractivity contribution in [2.24, 2.45) is 0 Å². The van der Waals surface area contributed by atoms with Gasteiger partial charge in [-0.1, -0.05) is 6.07 Å². The van der Waals surface area contributed by atoms with Crippen molar-refractivity contribution in [2.75, 3.05) is 7.11 Å². The van der Waals surface area contributed by atoms with Crippen LogP contribution < -0.4 is 0 Å². The van der Waals surface area contributed by atoms with Gasteiger partial charge in [-0.15, -0.1) is 0 Å². The molecule has 0 aliphatic heterocycles. The van der Waals surface area contributed by atoms with E-state index in [1.165, 1.54) is 0 Å². The number of hydrogen-bond acceptors (Lipinski definition) is 3. The molecule has 1 aromatic rings. The molecule has 0 aliphatic rings. The van der Waals surface area contributed by atoms with Crippen molar-refractivity contribution in [3.05, 3.63) is 30.1 Å². The third kappa shape index (κ3) is 2.03. The van der Waals surface area contributed by atoms with Crippen molar-refractivity contribution in [1.82, 2.24) is 4.98 Å². The molecule has 1 rings (SSSR count). The van der Waals surface area contributed by atoms with Crippen LogP contribution in [-0.4, -0.2) is 23.3 Å². The quantitative estimate of drug-likeness (QED) is 0.734. The Balaban J connectivity index is 2.71. The molecule has 0 aromatic carbocycles. The first-order valence-corrected chi connectivity index (χ1v) is 3.87. The topological polar surface area (TPSA) is 42.4 Å². The van der Waals surface area contributed by atoms with Crippen molar-refractivity contribution in [3.63, 3.8) is 0 Å². The summed E-state index contributed by atoms with van der Waals surface area (Å²) in [5.74, 6) is 0. The summed E-state index contributed by atoms with van der Waals surface area (Å²) in [6, 6.07) is 5.43. The standard InChI is InChI=1S/C9H13NO2/c1-7(12-2)9(11)8-5-3-4-6-10-8/h3-7,9,11H,1-2H3/t7-,9?/m0/s1. The second-order valence-corrected chi connectivity index (χ2v) is 2.64. The monoisotopic (exact) mass is 167 g/mol. The Kier molecular flexibility index (Phi) is 3.19. The van der Waals surface area contributed by atoms with Gasteiger partial charge in [0.25, 0.3) is 0 Å². The van der Waals surface area contributed by atoms with Gasteiger partial charge in [0.05, 0.1) is 11.8 Å². The highest BCUT2D eigenvalue weighted by Crippen LogP contribution is 2.14. The van der Waals surface area contributed by atoms with E-state index in [0.717, 1.165) is 0 Å². The van der Waals surface area contributed by atoms with Crippen LogP contribution in [0.25, 0.3) is 0 Å². The SMILES string of the molecule is CO[C@@H](C)C(O)c1ccccn1. The summed E-state index contributed by atoms with van der Waals surface area (Å²) in [7, 11) is 1.57. The van der Waals surface area contributed by atoms with E-state index in [4.69, 9.17) is 4.74 Å². The highest BCUT2D eigenvalue weighted by molar-refractivity contribution is 5.07. The maximum Gasteiger partial charge on any atom is 0.122 e. The third-order valence-corrected chi connectivity index (χ3v) is 1.81. The van der Waals surface area contributed by atoms with E-state index in [2.05, 4.69) is 4.98 Å². The molecule has 0 amide bonds. The van der Waals surface area contributed by atoms with Crippen LogP contribution in [0.15, 0.2) is 24.4 Å². The number of hydrogen-bond donors (Lipinski definition) is 1. The number of methoxy groups -OCH3 is 1. The Hall–Kier alpha value is -0.930. The molecule has 0 saturated carbocycles. The number of ether oxygens (including phenoxy) is 1. The first-order valence-electron chi connectivity index (χ1n) is 3.87. The number of aliphatic hydroxyl groups excluding tert-OH is 1. The molecule has 3 nitrogen and oxygen atoms in total.